The molecule has 0 atom stereocenters. The van der Waals surface area contributed by atoms with Crippen LogP contribution in [-0.4, -0.2) is 12.8 Å². The standard InChI is InChI=1S/C14H11F3N2OS/c15-14(16,17)9-20-12-3-1-11(2-4-12)19-7-13-5-10(6-18)8-21-13/h1-5,8,19H,7,9H2. The minimum absolute atomic E-state index is 0.167. The summed E-state index contributed by atoms with van der Waals surface area (Å²) in [6.07, 6.45) is -4.34. The van der Waals surface area contributed by atoms with E-state index in [9.17, 15) is 13.2 Å². The predicted molar refractivity (Wildman–Crippen MR) is 74.4 cm³/mol. The lowest BCUT2D eigenvalue weighted by atomic mass is 10.3. The summed E-state index contributed by atoms with van der Waals surface area (Å²) < 4.78 is 40.6. The van der Waals surface area contributed by atoms with Crippen LogP contribution in [0, 0.1) is 11.3 Å². The van der Waals surface area contributed by atoms with Crippen LogP contribution in [-0.2, 0) is 6.54 Å². The second-order valence-corrected chi connectivity index (χ2v) is 5.19. The Hall–Kier alpha value is -2.20. The second kappa shape index (κ2) is 6.50. The number of hydrogen-bond acceptors (Lipinski definition) is 4. The van der Waals surface area contributed by atoms with Gasteiger partial charge in [0.2, 0.25) is 0 Å². The molecule has 1 aromatic carbocycles. The molecule has 0 bridgehead atoms. The molecular weight excluding hydrogens is 301 g/mol. The van der Waals surface area contributed by atoms with Gasteiger partial charge in [-0.3, -0.25) is 0 Å². The van der Waals surface area contributed by atoms with Gasteiger partial charge in [-0.2, -0.15) is 18.4 Å². The third-order valence-corrected chi connectivity index (χ3v) is 3.44. The van der Waals surface area contributed by atoms with Crippen LogP contribution >= 0.6 is 11.3 Å². The summed E-state index contributed by atoms with van der Waals surface area (Å²) in [5.74, 6) is 0.167. The fourth-order valence-corrected chi connectivity index (χ4v) is 2.30. The molecule has 1 aromatic heterocycles. The van der Waals surface area contributed by atoms with Crippen LogP contribution in [0.25, 0.3) is 0 Å². The molecule has 110 valence electrons. The fraction of sp³-hybridized carbons (Fsp3) is 0.214. The molecule has 1 heterocycles. The molecular formula is C14H11F3N2OS. The van der Waals surface area contributed by atoms with Crippen molar-refractivity contribution >= 4 is 17.0 Å². The van der Waals surface area contributed by atoms with Gasteiger partial charge in [0.15, 0.2) is 6.61 Å². The molecule has 0 saturated carbocycles. The van der Waals surface area contributed by atoms with Crippen LogP contribution in [0.1, 0.15) is 10.4 Å². The summed E-state index contributed by atoms with van der Waals surface area (Å²) in [6.45, 7) is -0.749. The molecule has 1 N–H and O–H groups in total. The topological polar surface area (TPSA) is 45.0 Å². The Bertz CT molecular complexity index is 629. The summed E-state index contributed by atoms with van der Waals surface area (Å²) in [6, 6.07) is 10.1. The Balaban J connectivity index is 1.86. The van der Waals surface area contributed by atoms with E-state index >= 15 is 0 Å². The largest absolute Gasteiger partial charge is 0.484 e. The van der Waals surface area contributed by atoms with Crippen LogP contribution in [0.15, 0.2) is 35.7 Å². The average Bonchev–Trinajstić information content (AvgIpc) is 2.91. The Morgan fingerprint density at radius 3 is 2.52 bits per heavy atom. The van der Waals surface area contributed by atoms with Crippen LogP contribution in [0.5, 0.6) is 5.75 Å². The molecule has 0 fully saturated rings. The Morgan fingerprint density at radius 1 is 1.24 bits per heavy atom. The van der Waals surface area contributed by atoms with Crippen LogP contribution in [0.4, 0.5) is 18.9 Å². The van der Waals surface area contributed by atoms with Gasteiger partial charge in [0, 0.05) is 22.5 Å². The first-order valence-corrected chi connectivity index (χ1v) is 6.85. The number of nitriles is 1. The molecule has 3 nitrogen and oxygen atoms in total. The molecule has 0 amide bonds. The van der Waals surface area contributed by atoms with Gasteiger partial charge in [-0.15, -0.1) is 11.3 Å². The third kappa shape index (κ3) is 5.00. The van der Waals surface area contributed by atoms with Crippen molar-refractivity contribution in [1.82, 2.24) is 0 Å². The number of hydrogen-bond donors (Lipinski definition) is 1. The van der Waals surface area contributed by atoms with Gasteiger partial charge in [0.05, 0.1) is 5.56 Å². The number of alkyl halides is 3. The highest BCUT2D eigenvalue weighted by Crippen LogP contribution is 2.21. The molecule has 0 aliphatic carbocycles. The monoisotopic (exact) mass is 312 g/mol. The van der Waals surface area contributed by atoms with Crippen molar-refractivity contribution in [2.45, 2.75) is 12.7 Å². The lowest BCUT2D eigenvalue weighted by Crippen LogP contribution is -2.19. The van der Waals surface area contributed by atoms with E-state index in [2.05, 4.69) is 16.1 Å². The van der Waals surface area contributed by atoms with Gasteiger partial charge in [-0.25, -0.2) is 0 Å². The molecule has 0 saturated heterocycles. The highest BCUT2D eigenvalue weighted by atomic mass is 32.1. The summed E-state index contributed by atoms with van der Waals surface area (Å²) in [5.41, 5.74) is 1.38. The highest BCUT2D eigenvalue weighted by Gasteiger charge is 2.28. The number of thiophene rings is 1. The third-order valence-electron chi connectivity index (χ3n) is 2.51. The molecule has 7 heteroatoms. The van der Waals surface area contributed by atoms with Crippen molar-refractivity contribution in [1.29, 1.82) is 5.26 Å². The van der Waals surface area contributed by atoms with Gasteiger partial charge in [0.1, 0.15) is 11.8 Å². The smallest absolute Gasteiger partial charge is 0.422 e. The first-order chi connectivity index (χ1) is 9.96. The highest BCUT2D eigenvalue weighted by molar-refractivity contribution is 7.10. The number of anilines is 1. The molecule has 21 heavy (non-hydrogen) atoms. The summed E-state index contributed by atoms with van der Waals surface area (Å²) in [4.78, 5) is 1.00. The van der Waals surface area contributed by atoms with Gasteiger partial charge in [-0.05, 0) is 30.3 Å². The van der Waals surface area contributed by atoms with E-state index < -0.39 is 12.8 Å². The molecule has 2 aromatic rings. The zero-order valence-corrected chi connectivity index (χ0v) is 11.6. The fourth-order valence-electron chi connectivity index (χ4n) is 1.56. The second-order valence-electron chi connectivity index (χ2n) is 4.20. The van der Waals surface area contributed by atoms with E-state index in [0.717, 1.165) is 10.6 Å². The summed E-state index contributed by atoms with van der Waals surface area (Å²) in [5, 5.41) is 13.6. The average molecular weight is 312 g/mol. The minimum Gasteiger partial charge on any atom is -0.484 e. The molecule has 0 radical (unpaired) electrons. The summed E-state index contributed by atoms with van der Waals surface area (Å²) in [7, 11) is 0. The van der Waals surface area contributed by atoms with Crippen molar-refractivity contribution in [2.24, 2.45) is 0 Å². The number of ether oxygens (including phenoxy) is 1. The lowest BCUT2D eigenvalue weighted by molar-refractivity contribution is -0.153. The van der Waals surface area contributed by atoms with E-state index in [-0.39, 0.29) is 5.75 Å². The molecule has 0 aliphatic heterocycles. The van der Waals surface area contributed by atoms with Gasteiger partial charge in [-0.1, -0.05) is 0 Å². The molecule has 0 unspecified atom stereocenters. The molecule has 0 spiro atoms. The van der Waals surface area contributed by atoms with Crippen molar-refractivity contribution in [3.8, 4) is 11.8 Å². The maximum Gasteiger partial charge on any atom is 0.422 e. The first kappa shape index (κ1) is 15.2. The van der Waals surface area contributed by atoms with E-state index in [0.29, 0.717) is 12.1 Å². The van der Waals surface area contributed by atoms with Gasteiger partial charge >= 0.3 is 6.18 Å². The normalized spacial score (nSPS) is 11.0. The summed E-state index contributed by atoms with van der Waals surface area (Å²) >= 11 is 1.47. The van der Waals surface area contributed by atoms with Gasteiger partial charge in [0.25, 0.3) is 0 Å². The van der Waals surface area contributed by atoms with E-state index in [1.165, 1.54) is 23.5 Å². The van der Waals surface area contributed by atoms with E-state index in [1.807, 2.05) is 0 Å². The van der Waals surface area contributed by atoms with E-state index in [1.54, 1.807) is 23.6 Å². The van der Waals surface area contributed by atoms with Crippen LogP contribution in [0.3, 0.4) is 0 Å². The maximum atomic E-state index is 12.0. The first-order valence-electron chi connectivity index (χ1n) is 5.97. The zero-order valence-electron chi connectivity index (χ0n) is 10.8. The van der Waals surface area contributed by atoms with Crippen molar-refractivity contribution in [2.75, 3.05) is 11.9 Å². The number of halogens is 3. The van der Waals surface area contributed by atoms with Gasteiger partial charge < -0.3 is 10.1 Å². The predicted octanol–water partition coefficient (Wildman–Crippen LogP) is 4.17. The van der Waals surface area contributed by atoms with Crippen LogP contribution < -0.4 is 10.1 Å². The Morgan fingerprint density at radius 2 is 1.95 bits per heavy atom. The van der Waals surface area contributed by atoms with Crippen molar-refractivity contribution < 1.29 is 17.9 Å². The maximum absolute atomic E-state index is 12.0. The SMILES string of the molecule is N#Cc1csc(CNc2ccc(OCC(F)(F)F)cc2)c1. The quantitative estimate of drug-likeness (QED) is 0.901. The lowest BCUT2D eigenvalue weighted by Gasteiger charge is -2.10. The molecule has 0 aliphatic rings. The van der Waals surface area contributed by atoms with Crippen molar-refractivity contribution in [3.05, 3.63) is 46.2 Å². The number of rotatable bonds is 5. The molecule has 2 rings (SSSR count). The Labute approximate surface area is 123 Å². The minimum atomic E-state index is -4.34. The number of nitrogens with one attached hydrogen (secondary N) is 1. The Kier molecular flexibility index (Phi) is 4.70. The van der Waals surface area contributed by atoms with Crippen molar-refractivity contribution in [3.63, 3.8) is 0 Å². The number of benzene rings is 1. The van der Waals surface area contributed by atoms with E-state index in [4.69, 9.17) is 5.26 Å². The zero-order chi connectivity index (χ0) is 15.3. The van der Waals surface area contributed by atoms with Crippen LogP contribution in [0.2, 0.25) is 0 Å². The number of nitrogens with zero attached hydrogens (tertiary/aromatic N) is 1.